The summed E-state index contributed by atoms with van der Waals surface area (Å²) in [4.78, 5) is 4.30. The van der Waals surface area contributed by atoms with E-state index in [-0.39, 0.29) is 0 Å². The van der Waals surface area contributed by atoms with Gasteiger partial charge in [-0.1, -0.05) is 32.6 Å². The molecule has 1 saturated carbocycles. The van der Waals surface area contributed by atoms with Crippen LogP contribution in [0.2, 0.25) is 0 Å². The van der Waals surface area contributed by atoms with Crippen LogP contribution >= 0.6 is 0 Å². The van der Waals surface area contributed by atoms with Crippen LogP contribution in [0, 0.1) is 28.6 Å². The second kappa shape index (κ2) is 5.85. The molecule has 3 nitrogen and oxygen atoms in total. The Kier molecular flexibility index (Phi) is 4.17. The fraction of sp³-hybridized carbons (Fsp3) is 0.562. The first-order chi connectivity index (χ1) is 9.28. The van der Waals surface area contributed by atoms with Crippen LogP contribution in [0.25, 0.3) is 0 Å². The predicted octanol–water partition coefficient (Wildman–Crippen LogP) is 3.70. The van der Waals surface area contributed by atoms with Gasteiger partial charge in [-0.25, -0.2) is 0 Å². The Morgan fingerprint density at radius 1 is 1.37 bits per heavy atom. The molecule has 1 aliphatic rings. The van der Waals surface area contributed by atoms with Crippen molar-refractivity contribution in [1.82, 2.24) is 4.98 Å². The number of rotatable bonds is 6. The highest BCUT2D eigenvalue weighted by Crippen LogP contribution is 2.56. The molecule has 0 radical (unpaired) electrons. The van der Waals surface area contributed by atoms with Gasteiger partial charge >= 0.3 is 0 Å². The Labute approximate surface area is 114 Å². The first kappa shape index (κ1) is 13.6. The molecule has 0 aromatic carbocycles. The number of aromatic nitrogens is 1. The second-order valence-corrected chi connectivity index (χ2v) is 5.34. The minimum absolute atomic E-state index is 0.386. The number of hydrogen-bond acceptors (Lipinski definition) is 3. The van der Waals surface area contributed by atoms with Crippen molar-refractivity contribution >= 4 is 0 Å². The van der Waals surface area contributed by atoms with E-state index in [2.05, 4.69) is 24.0 Å². The van der Waals surface area contributed by atoms with E-state index in [0.29, 0.717) is 17.2 Å². The van der Waals surface area contributed by atoms with Gasteiger partial charge in [0.25, 0.3) is 0 Å². The van der Waals surface area contributed by atoms with Crippen LogP contribution in [0.3, 0.4) is 0 Å². The lowest BCUT2D eigenvalue weighted by atomic mass is 9.94. The van der Waals surface area contributed by atoms with Crippen LogP contribution in [0.4, 0.5) is 0 Å². The molecule has 3 heteroatoms. The lowest BCUT2D eigenvalue weighted by molar-refractivity contribution is 0.567. The molecular weight excluding hydrogens is 234 g/mol. The second-order valence-electron chi connectivity index (χ2n) is 5.34. The molecule has 1 aliphatic carbocycles. The van der Waals surface area contributed by atoms with E-state index in [1.54, 1.807) is 18.3 Å². The van der Waals surface area contributed by atoms with Gasteiger partial charge in [-0.05, 0) is 30.9 Å². The predicted molar refractivity (Wildman–Crippen MR) is 73.1 cm³/mol. The number of nitrogens with zero attached hydrogens (tertiary/aromatic N) is 3. The monoisotopic (exact) mass is 253 g/mol. The van der Waals surface area contributed by atoms with Gasteiger partial charge in [0.1, 0.15) is 11.5 Å². The Bertz CT molecular complexity index is 524. The summed E-state index contributed by atoms with van der Waals surface area (Å²) < 4.78 is 0. The van der Waals surface area contributed by atoms with Crippen LogP contribution in [-0.2, 0) is 5.41 Å². The summed E-state index contributed by atoms with van der Waals surface area (Å²) in [5.41, 5.74) is 0.763. The Balaban J connectivity index is 2.06. The maximum absolute atomic E-state index is 9.50. The molecule has 0 spiro atoms. The summed E-state index contributed by atoms with van der Waals surface area (Å²) in [6.45, 7) is 2.20. The van der Waals surface area contributed by atoms with Crippen LogP contribution in [0.1, 0.15) is 56.7 Å². The highest BCUT2D eigenvalue weighted by Gasteiger charge is 2.57. The molecule has 0 saturated heterocycles. The van der Waals surface area contributed by atoms with Crippen LogP contribution in [0.5, 0.6) is 0 Å². The van der Waals surface area contributed by atoms with E-state index in [1.807, 2.05) is 0 Å². The molecule has 2 atom stereocenters. The normalized spacial score (nSPS) is 24.5. The first-order valence-electron chi connectivity index (χ1n) is 7.05. The molecule has 98 valence electrons. The molecule has 0 aliphatic heterocycles. The molecule has 0 amide bonds. The third-order valence-electron chi connectivity index (χ3n) is 4.06. The van der Waals surface area contributed by atoms with Gasteiger partial charge in [0.15, 0.2) is 0 Å². The van der Waals surface area contributed by atoms with E-state index in [0.717, 1.165) is 12.8 Å². The van der Waals surface area contributed by atoms with Gasteiger partial charge < -0.3 is 0 Å². The van der Waals surface area contributed by atoms with Gasteiger partial charge in [-0.3, -0.25) is 4.98 Å². The lowest BCUT2D eigenvalue weighted by Gasteiger charge is -2.09. The molecule has 0 bridgehead atoms. The molecule has 1 aromatic heterocycles. The summed E-state index contributed by atoms with van der Waals surface area (Å²) in [5, 5.41) is 18.6. The van der Waals surface area contributed by atoms with E-state index < -0.39 is 5.41 Å². The van der Waals surface area contributed by atoms with Gasteiger partial charge in [0, 0.05) is 6.20 Å². The van der Waals surface area contributed by atoms with Gasteiger partial charge in [-0.15, -0.1) is 0 Å². The standard InChI is InChI=1S/C16H19N3/c1-2-3-4-5-8-14-10-16(14,12-18)15-13(11-17)7-6-9-19-15/h6-7,9,14H,2-5,8,10H2,1H3/t14-,16-/m1/s1. The van der Waals surface area contributed by atoms with Crippen molar-refractivity contribution in [3.8, 4) is 12.1 Å². The van der Waals surface area contributed by atoms with Crippen molar-refractivity contribution in [1.29, 1.82) is 10.5 Å². The SMILES string of the molecule is CCCCCC[C@@H]1C[C@]1(C#N)c1ncccc1C#N. The largest absolute Gasteiger partial charge is 0.258 e. The molecule has 0 N–H and O–H groups in total. The van der Waals surface area contributed by atoms with Crippen molar-refractivity contribution in [2.45, 2.75) is 50.9 Å². The summed E-state index contributed by atoms with van der Waals surface area (Å²) in [6, 6.07) is 8.09. The average Bonchev–Trinajstić information content (AvgIpc) is 3.18. The number of unbranched alkanes of at least 4 members (excludes halogenated alkanes) is 3. The summed E-state index contributed by atoms with van der Waals surface area (Å²) >= 11 is 0. The maximum Gasteiger partial charge on any atom is 0.104 e. The van der Waals surface area contributed by atoms with E-state index >= 15 is 0 Å². The molecule has 1 fully saturated rings. The van der Waals surface area contributed by atoms with E-state index in [9.17, 15) is 5.26 Å². The van der Waals surface area contributed by atoms with E-state index in [1.165, 1.54) is 25.7 Å². The van der Waals surface area contributed by atoms with Crippen LogP contribution in [-0.4, -0.2) is 4.98 Å². The van der Waals surface area contributed by atoms with Crippen molar-refractivity contribution in [3.05, 3.63) is 29.6 Å². The van der Waals surface area contributed by atoms with Gasteiger partial charge in [0.05, 0.1) is 17.3 Å². The number of nitriles is 2. The average molecular weight is 253 g/mol. The molecule has 2 rings (SSSR count). The molecule has 0 unspecified atom stereocenters. The molecule has 1 aromatic rings. The topological polar surface area (TPSA) is 60.5 Å². The molecule has 1 heterocycles. The zero-order valence-electron chi connectivity index (χ0n) is 11.4. The van der Waals surface area contributed by atoms with E-state index in [4.69, 9.17) is 5.26 Å². The van der Waals surface area contributed by atoms with Crippen LogP contribution in [0.15, 0.2) is 18.3 Å². The maximum atomic E-state index is 9.50. The quantitative estimate of drug-likeness (QED) is 0.726. The lowest BCUT2D eigenvalue weighted by Crippen LogP contribution is -2.12. The summed E-state index contributed by atoms with van der Waals surface area (Å²) in [5.74, 6) is 0.386. The van der Waals surface area contributed by atoms with Crippen LogP contribution < -0.4 is 0 Å². The Hall–Kier alpha value is -1.87. The van der Waals surface area contributed by atoms with Crippen molar-refractivity contribution in [2.75, 3.05) is 0 Å². The third kappa shape index (κ3) is 2.61. The summed E-state index contributed by atoms with van der Waals surface area (Å²) in [6.07, 6.45) is 8.53. The zero-order chi connectivity index (χ0) is 13.7. The highest BCUT2D eigenvalue weighted by atomic mass is 14.8. The number of hydrogen-bond donors (Lipinski definition) is 0. The Morgan fingerprint density at radius 2 is 2.21 bits per heavy atom. The zero-order valence-corrected chi connectivity index (χ0v) is 11.4. The minimum Gasteiger partial charge on any atom is -0.258 e. The smallest absolute Gasteiger partial charge is 0.104 e. The third-order valence-corrected chi connectivity index (χ3v) is 4.06. The molecule has 19 heavy (non-hydrogen) atoms. The van der Waals surface area contributed by atoms with Crippen molar-refractivity contribution in [3.63, 3.8) is 0 Å². The van der Waals surface area contributed by atoms with Gasteiger partial charge in [0.2, 0.25) is 0 Å². The first-order valence-corrected chi connectivity index (χ1v) is 7.05. The number of pyridine rings is 1. The minimum atomic E-state index is -0.488. The van der Waals surface area contributed by atoms with Crippen molar-refractivity contribution < 1.29 is 0 Å². The van der Waals surface area contributed by atoms with Gasteiger partial charge in [-0.2, -0.15) is 10.5 Å². The molecular formula is C16H19N3. The van der Waals surface area contributed by atoms with Crippen molar-refractivity contribution in [2.24, 2.45) is 5.92 Å². The summed E-state index contributed by atoms with van der Waals surface area (Å²) in [7, 11) is 0. The fourth-order valence-electron chi connectivity index (χ4n) is 2.83. The Morgan fingerprint density at radius 3 is 2.89 bits per heavy atom. The fourth-order valence-corrected chi connectivity index (χ4v) is 2.83. The highest BCUT2D eigenvalue weighted by molar-refractivity contribution is 5.46.